The third kappa shape index (κ3) is 4.92. The predicted octanol–water partition coefficient (Wildman–Crippen LogP) is 4.83. The molecule has 0 amide bonds. The first kappa shape index (κ1) is 18.5. The van der Waals surface area contributed by atoms with Gasteiger partial charge in [-0.1, -0.05) is 35.1 Å². The standard InChI is InChI=1S/C21H24ClN3OS/c22-17-5-7-18(8-6-17)26-14-11-23-15-16-9-12-25(13-10-16)21-24-19-3-1-2-4-20(19)27-21/h1-8,16,23H,9-15H2. The van der Waals surface area contributed by atoms with Crippen LogP contribution in [0.5, 0.6) is 5.75 Å². The molecule has 2 heterocycles. The van der Waals surface area contributed by atoms with E-state index in [1.807, 2.05) is 24.3 Å². The largest absolute Gasteiger partial charge is 0.492 e. The number of benzene rings is 2. The highest BCUT2D eigenvalue weighted by atomic mass is 35.5. The molecule has 1 aromatic heterocycles. The number of aromatic nitrogens is 1. The number of nitrogens with zero attached hydrogens (tertiary/aromatic N) is 2. The van der Waals surface area contributed by atoms with E-state index in [4.69, 9.17) is 21.3 Å². The van der Waals surface area contributed by atoms with Crippen molar-refractivity contribution in [3.05, 3.63) is 53.6 Å². The Bertz CT molecular complexity index is 826. The van der Waals surface area contributed by atoms with Gasteiger partial charge in [0.25, 0.3) is 0 Å². The van der Waals surface area contributed by atoms with Gasteiger partial charge in [-0.15, -0.1) is 0 Å². The maximum atomic E-state index is 5.88. The Morgan fingerprint density at radius 2 is 1.89 bits per heavy atom. The van der Waals surface area contributed by atoms with Crippen LogP contribution in [0.4, 0.5) is 5.13 Å². The van der Waals surface area contributed by atoms with Gasteiger partial charge in [-0.3, -0.25) is 0 Å². The zero-order chi connectivity index (χ0) is 18.5. The summed E-state index contributed by atoms with van der Waals surface area (Å²) in [6.45, 7) is 4.77. The molecule has 27 heavy (non-hydrogen) atoms. The van der Waals surface area contributed by atoms with Gasteiger partial charge in [0.1, 0.15) is 12.4 Å². The number of nitrogens with one attached hydrogen (secondary N) is 1. The molecule has 4 nitrogen and oxygen atoms in total. The van der Waals surface area contributed by atoms with Crippen molar-refractivity contribution in [3.63, 3.8) is 0 Å². The minimum Gasteiger partial charge on any atom is -0.492 e. The number of thiazole rings is 1. The van der Waals surface area contributed by atoms with Crippen LogP contribution < -0.4 is 15.0 Å². The van der Waals surface area contributed by atoms with Crippen molar-refractivity contribution in [2.75, 3.05) is 37.7 Å². The Kier molecular flexibility index (Phi) is 6.12. The molecule has 0 spiro atoms. The lowest BCUT2D eigenvalue weighted by atomic mass is 9.97. The molecule has 1 saturated heterocycles. The van der Waals surface area contributed by atoms with Gasteiger partial charge in [0, 0.05) is 24.7 Å². The molecular formula is C21H24ClN3OS. The average molecular weight is 402 g/mol. The van der Waals surface area contributed by atoms with Crippen LogP contribution in [0, 0.1) is 5.92 Å². The lowest BCUT2D eigenvalue weighted by Gasteiger charge is -2.31. The summed E-state index contributed by atoms with van der Waals surface area (Å²) in [6.07, 6.45) is 2.42. The van der Waals surface area contributed by atoms with Crippen molar-refractivity contribution >= 4 is 38.3 Å². The summed E-state index contributed by atoms with van der Waals surface area (Å²) < 4.78 is 6.99. The number of hydrogen-bond acceptors (Lipinski definition) is 5. The molecule has 1 aliphatic rings. The van der Waals surface area contributed by atoms with E-state index >= 15 is 0 Å². The SMILES string of the molecule is Clc1ccc(OCCNCC2CCN(c3nc4ccccc4s3)CC2)cc1. The maximum absolute atomic E-state index is 5.88. The first-order valence-electron chi connectivity index (χ1n) is 9.47. The van der Waals surface area contributed by atoms with Crippen LogP contribution in [-0.4, -0.2) is 37.8 Å². The third-order valence-electron chi connectivity index (χ3n) is 4.96. The average Bonchev–Trinajstić information content (AvgIpc) is 3.14. The van der Waals surface area contributed by atoms with E-state index in [-0.39, 0.29) is 0 Å². The van der Waals surface area contributed by atoms with Crippen LogP contribution >= 0.6 is 22.9 Å². The number of hydrogen-bond donors (Lipinski definition) is 1. The molecule has 0 atom stereocenters. The monoisotopic (exact) mass is 401 g/mol. The molecule has 0 bridgehead atoms. The smallest absolute Gasteiger partial charge is 0.186 e. The molecule has 3 aromatic rings. The molecular weight excluding hydrogens is 378 g/mol. The predicted molar refractivity (Wildman–Crippen MR) is 114 cm³/mol. The molecule has 1 aliphatic heterocycles. The third-order valence-corrected chi connectivity index (χ3v) is 6.31. The fraction of sp³-hybridized carbons (Fsp3) is 0.381. The van der Waals surface area contributed by atoms with Crippen molar-refractivity contribution in [2.45, 2.75) is 12.8 Å². The van der Waals surface area contributed by atoms with E-state index in [2.05, 4.69) is 34.5 Å². The van der Waals surface area contributed by atoms with Crippen LogP contribution in [0.1, 0.15) is 12.8 Å². The molecule has 4 rings (SSSR count). The molecule has 1 fully saturated rings. The molecule has 0 radical (unpaired) electrons. The van der Waals surface area contributed by atoms with E-state index in [9.17, 15) is 0 Å². The van der Waals surface area contributed by atoms with Gasteiger partial charge < -0.3 is 15.0 Å². The highest BCUT2D eigenvalue weighted by Gasteiger charge is 2.21. The highest BCUT2D eigenvalue weighted by molar-refractivity contribution is 7.22. The van der Waals surface area contributed by atoms with Gasteiger partial charge in [-0.05, 0) is 61.7 Å². The van der Waals surface area contributed by atoms with E-state index in [0.29, 0.717) is 6.61 Å². The van der Waals surface area contributed by atoms with E-state index in [1.165, 1.54) is 22.7 Å². The van der Waals surface area contributed by atoms with Gasteiger partial charge in [-0.25, -0.2) is 4.98 Å². The number of rotatable bonds is 7. The van der Waals surface area contributed by atoms with Crippen LogP contribution in [0.15, 0.2) is 48.5 Å². The van der Waals surface area contributed by atoms with Gasteiger partial charge in [0.15, 0.2) is 5.13 Å². The zero-order valence-corrected chi connectivity index (χ0v) is 16.8. The number of para-hydroxylation sites is 1. The lowest BCUT2D eigenvalue weighted by molar-refractivity contribution is 0.302. The lowest BCUT2D eigenvalue weighted by Crippen LogP contribution is -2.38. The summed E-state index contributed by atoms with van der Waals surface area (Å²) in [7, 11) is 0. The number of ether oxygens (including phenoxy) is 1. The minimum absolute atomic E-state index is 0.673. The van der Waals surface area contributed by atoms with Crippen molar-refractivity contribution in [1.29, 1.82) is 0 Å². The second-order valence-corrected chi connectivity index (χ2v) is 8.35. The van der Waals surface area contributed by atoms with E-state index in [1.54, 1.807) is 11.3 Å². The second-order valence-electron chi connectivity index (χ2n) is 6.90. The summed E-state index contributed by atoms with van der Waals surface area (Å²) in [5.74, 6) is 1.59. The first-order chi connectivity index (χ1) is 13.3. The minimum atomic E-state index is 0.673. The molecule has 0 saturated carbocycles. The van der Waals surface area contributed by atoms with E-state index < -0.39 is 0 Å². The summed E-state index contributed by atoms with van der Waals surface area (Å²) in [6, 6.07) is 15.9. The highest BCUT2D eigenvalue weighted by Crippen LogP contribution is 2.31. The number of anilines is 1. The molecule has 0 aliphatic carbocycles. The fourth-order valence-corrected chi connectivity index (χ4v) is 4.54. The normalized spacial score (nSPS) is 15.4. The van der Waals surface area contributed by atoms with E-state index in [0.717, 1.165) is 48.4 Å². The topological polar surface area (TPSA) is 37.4 Å². The van der Waals surface area contributed by atoms with Crippen molar-refractivity contribution < 1.29 is 4.74 Å². The van der Waals surface area contributed by atoms with Gasteiger partial charge >= 0.3 is 0 Å². The fourth-order valence-electron chi connectivity index (χ4n) is 3.40. The van der Waals surface area contributed by atoms with Crippen molar-refractivity contribution in [1.82, 2.24) is 10.3 Å². The molecule has 2 aromatic carbocycles. The maximum Gasteiger partial charge on any atom is 0.186 e. The summed E-state index contributed by atoms with van der Waals surface area (Å²) in [4.78, 5) is 7.22. The Morgan fingerprint density at radius 1 is 1.11 bits per heavy atom. The number of piperidine rings is 1. The summed E-state index contributed by atoms with van der Waals surface area (Å²) >= 11 is 7.68. The zero-order valence-electron chi connectivity index (χ0n) is 15.2. The number of fused-ring (bicyclic) bond motifs is 1. The first-order valence-corrected chi connectivity index (χ1v) is 10.7. The Balaban J connectivity index is 1.16. The van der Waals surface area contributed by atoms with Gasteiger partial charge in [-0.2, -0.15) is 0 Å². The second kappa shape index (κ2) is 8.91. The number of halogens is 1. The van der Waals surface area contributed by atoms with Crippen LogP contribution in [-0.2, 0) is 0 Å². The Labute approximate surface area is 169 Å². The summed E-state index contributed by atoms with van der Waals surface area (Å²) in [5, 5.41) is 5.43. The van der Waals surface area contributed by atoms with Crippen LogP contribution in [0.25, 0.3) is 10.2 Å². The molecule has 0 unspecified atom stereocenters. The Hall–Kier alpha value is -1.82. The Morgan fingerprint density at radius 3 is 2.67 bits per heavy atom. The summed E-state index contributed by atoms with van der Waals surface area (Å²) in [5.41, 5.74) is 1.11. The van der Waals surface area contributed by atoms with Crippen LogP contribution in [0.2, 0.25) is 5.02 Å². The van der Waals surface area contributed by atoms with Crippen molar-refractivity contribution in [3.8, 4) is 5.75 Å². The van der Waals surface area contributed by atoms with Gasteiger partial charge in [0.2, 0.25) is 0 Å². The molecule has 6 heteroatoms. The van der Waals surface area contributed by atoms with Crippen molar-refractivity contribution in [2.24, 2.45) is 5.92 Å². The van der Waals surface area contributed by atoms with Gasteiger partial charge in [0.05, 0.1) is 10.2 Å². The molecule has 142 valence electrons. The van der Waals surface area contributed by atoms with Crippen LogP contribution in [0.3, 0.4) is 0 Å². The molecule has 1 N–H and O–H groups in total. The quantitative estimate of drug-likeness (QED) is 0.575.